The summed E-state index contributed by atoms with van der Waals surface area (Å²) in [5.74, 6) is 2.79. The van der Waals surface area contributed by atoms with Crippen LogP contribution in [0.3, 0.4) is 0 Å². The third-order valence-corrected chi connectivity index (χ3v) is 4.85. The molecular formula is C13H24O3S. The van der Waals surface area contributed by atoms with Crippen LogP contribution in [0.25, 0.3) is 0 Å². The Morgan fingerprint density at radius 3 is 2.59 bits per heavy atom. The first-order valence-corrected chi connectivity index (χ1v) is 7.70. The van der Waals surface area contributed by atoms with Gasteiger partial charge in [0, 0.05) is 18.1 Å². The highest BCUT2D eigenvalue weighted by Crippen LogP contribution is 2.28. The molecule has 0 N–H and O–H groups in total. The third-order valence-electron chi connectivity index (χ3n) is 3.74. The molecule has 0 aromatic heterocycles. The van der Waals surface area contributed by atoms with E-state index in [1.165, 1.54) is 6.42 Å². The summed E-state index contributed by atoms with van der Waals surface area (Å²) in [6.45, 7) is 8.89. The molecule has 2 rings (SSSR count). The molecule has 3 atom stereocenters. The Morgan fingerprint density at radius 1 is 1.12 bits per heavy atom. The van der Waals surface area contributed by atoms with Crippen LogP contribution >= 0.6 is 11.8 Å². The van der Waals surface area contributed by atoms with Crippen molar-refractivity contribution < 1.29 is 14.2 Å². The Hall–Kier alpha value is 0.230. The number of hydrogen-bond acceptors (Lipinski definition) is 4. The second kappa shape index (κ2) is 5.91. The predicted octanol–water partition coefficient (Wildman–Crippen LogP) is 2.34. The number of hydrogen-bond donors (Lipinski definition) is 0. The highest BCUT2D eigenvalue weighted by molar-refractivity contribution is 7.99. The van der Waals surface area contributed by atoms with E-state index in [9.17, 15) is 0 Å². The van der Waals surface area contributed by atoms with Crippen molar-refractivity contribution in [3.63, 3.8) is 0 Å². The van der Waals surface area contributed by atoms with Crippen molar-refractivity contribution in [3.05, 3.63) is 0 Å². The molecule has 0 aliphatic carbocycles. The molecular weight excluding hydrogens is 236 g/mol. The van der Waals surface area contributed by atoms with Gasteiger partial charge in [-0.2, -0.15) is 11.8 Å². The van der Waals surface area contributed by atoms with E-state index >= 15 is 0 Å². The molecule has 4 heteroatoms. The average molecular weight is 260 g/mol. The topological polar surface area (TPSA) is 27.7 Å². The van der Waals surface area contributed by atoms with Crippen LogP contribution in [-0.4, -0.2) is 49.1 Å². The summed E-state index contributed by atoms with van der Waals surface area (Å²) in [5.41, 5.74) is -0.145. The molecule has 0 spiro atoms. The van der Waals surface area contributed by atoms with Crippen molar-refractivity contribution in [3.8, 4) is 0 Å². The smallest absolute Gasteiger partial charge is 0.0950 e. The van der Waals surface area contributed by atoms with Crippen LogP contribution in [0.4, 0.5) is 0 Å². The molecule has 2 saturated heterocycles. The van der Waals surface area contributed by atoms with Crippen LogP contribution in [0, 0.1) is 5.92 Å². The van der Waals surface area contributed by atoms with Crippen molar-refractivity contribution in [2.75, 3.05) is 31.3 Å². The van der Waals surface area contributed by atoms with Gasteiger partial charge in [0.25, 0.3) is 0 Å². The van der Waals surface area contributed by atoms with Gasteiger partial charge >= 0.3 is 0 Å². The zero-order chi connectivity index (χ0) is 12.3. The van der Waals surface area contributed by atoms with E-state index in [1.54, 1.807) is 0 Å². The van der Waals surface area contributed by atoms with Crippen LogP contribution in [-0.2, 0) is 14.2 Å². The second-order valence-electron chi connectivity index (χ2n) is 5.52. The van der Waals surface area contributed by atoms with Gasteiger partial charge in [-0.25, -0.2) is 0 Å². The highest BCUT2D eigenvalue weighted by atomic mass is 32.2. The summed E-state index contributed by atoms with van der Waals surface area (Å²) in [6.07, 6.45) is 1.85. The lowest BCUT2D eigenvalue weighted by Crippen LogP contribution is -2.48. The molecule has 0 radical (unpaired) electrons. The van der Waals surface area contributed by atoms with E-state index in [1.807, 2.05) is 11.8 Å². The molecule has 0 saturated carbocycles. The lowest BCUT2D eigenvalue weighted by molar-refractivity contribution is -0.177. The first-order chi connectivity index (χ1) is 8.09. The molecule has 2 fully saturated rings. The first-order valence-electron chi connectivity index (χ1n) is 6.54. The second-order valence-corrected chi connectivity index (χ2v) is 6.60. The molecule has 0 aromatic carbocycles. The van der Waals surface area contributed by atoms with E-state index in [-0.39, 0.29) is 11.7 Å². The standard InChI is InChI=1S/C13H24O3S/c1-10-4-5-14-11(10)8-17-9-12-13(2,3)16-7-6-15-12/h10-12H,4-9H2,1-3H3/t10-,11-,12?/m1/s1. The Kier molecular flexibility index (Phi) is 4.75. The fourth-order valence-corrected chi connectivity index (χ4v) is 3.80. The molecule has 0 aromatic rings. The van der Waals surface area contributed by atoms with Gasteiger partial charge in [0.2, 0.25) is 0 Å². The van der Waals surface area contributed by atoms with Gasteiger partial charge < -0.3 is 14.2 Å². The fraction of sp³-hybridized carbons (Fsp3) is 1.00. The molecule has 17 heavy (non-hydrogen) atoms. The number of rotatable bonds is 4. The van der Waals surface area contributed by atoms with Crippen LogP contribution in [0.5, 0.6) is 0 Å². The molecule has 1 unspecified atom stereocenters. The Labute approximate surface area is 109 Å². The minimum absolute atomic E-state index is 0.145. The fourth-order valence-electron chi connectivity index (χ4n) is 2.30. The van der Waals surface area contributed by atoms with Crippen LogP contribution in [0.1, 0.15) is 27.2 Å². The zero-order valence-corrected chi connectivity index (χ0v) is 11.9. The van der Waals surface area contributed by atoms with E-state index in [0.717, 1.165) is 31.3 Å². The molecule has 2 aliphatic rings. The Balaban J connectivity index is 1.70. The quantitative estimate of drug-likeness (QED) is 0.775. The van der Waals surface area contributed by atoms with Gasteiger partial charge in [-0.3, -0.25) is 0 Å². The van der Waals surface area contributed by atoms with E-state index in [4.69, 9.17) is 14.2 Å². The zero-order valence-electron chi connectivity index (χ0n) is 11.1. The number of ether oxygens (including phenoxy) is 3. The lowest BCUT2D eigenvalue weighted by atomic mass is 10.0. The third kappa shape index (κ3) is 3.60. The largest absolute Gasteiger partial charge is 0.377 e. The maximum Gasteiger partial charge on any atom is 0.0950 e. The van der Waals surface area contributed by atoms with Crippen molar-refractivity contribution >= 4 is 11.8 Å². The minimum Gasteiger partial charge on any atom is -0.377 e. The normalized spacial score (nSPS) is 37.2. The van der Waals surface area contributed by atoms with Crippen molar-refractivity contribution in [1.82, 2.24) is 0 Å². The van der Waals surface area contributed by atoms with Crippen molar-refractivity contribution in [2.24, 2.45) is 5.92 Å². The van der Waals surface area contributed by atoms with Gasteiger partial charge in [-0.05, 0) is 26.2 Å². The summed E-state index contributed by atoms with van der Waals surface area (Å²) < 4.78 is 17.3. The van der Waals surface area contributed by atoms with Gasteiger partial charge in [-0.1, -0.05) is 6.92 Å². The summed E-state index contributed by atoms with van der Waals surface area (Å²) in [5, 5.41) is 0. The van der Waals surface area contributed by atoms with Gasteiger partial charge in [0.1, 0.15) is 0 Å². The lowest BCUT2D eigenvalue weighted by Gasteiger charge is -2.38. The first kappa shape index (κ1) is 13.7. The molecule has 0 bridgehead atoms. The van der Waals surface area contributed by atoms with Crippen molar-refractivity contribution in [1.29, 1.82) is 0 Å². The summed E-state index contributed by atoms with van der Waals surface area (Å²) in [6, 6.07) is 0. The molecule has 2 heterocycles. The summed E-state index contributed by atoms with van der Waals surface area (Å²) in [7, 11) is 0. The molecule has 2 aliphatic heterocycles. The van der Waals surface area contributed by atoms with Gasteiger partial charge in [0.05, 0.1) is 31.0 Å². The van der Waals surface area contributed by atoms with Gasteiger partial charge in [0.15, 0.2) is 0 Å². The van der Waals surface area contributed by atoms with Crippen molar-refractivity contribution in [2.45, 2.75) is 45.0 Å². The monoisotopic (exact) mass is 260 g/mol. The van der Waals surface area contributed by atoms with E-state index in [2.05, 4.69) is 20.8 Å². The van der Waals surface area contributed by atoms with Crippen LogP contribution in [0.15, 0.2) is 0 Å². The maximum atomic E-state index is 5.80. The average Bonchev–Trinajstić information content (AvgIpc) is 2.67. The van der Waals surface area contributed by atoms with Crippen LogP contribution < -0.4 is 0 Å². The summed E-state index contributed by atoms with van der Waals surface area (Å²) in [4.78, 5) is 0. The van der Waals surface area contributed by atoms with E-state index < -0.39 is 0 Å². The molecule has 3 nitrogen and oxygen atoms in total. The Morgan fingerprint density at radius 2 is 1.94 bits per heavy atom. The highest BCUT2D eigenvalue weighted by Gasteiger charge is 2.34. The SMILES string of the molecule is C[C@@H]1CCO[C@@H]1CSCC1OCCOC1(C)C. The van der Waals surface area contributed by atoms with E-state index in [0.29, 0.717) is 12.0 Å². The molecule has 0 amide bonds. The van der Waals surface area contributed by atoms with Gasteiger partial charge in [-0.15, -0.1) is 0 Å². The van der Waals surface area contributed by atoms with Crippen LogP contribution in [0.2, 0.25) is 0 Å². The number of thioether (sulfide) groups is 1. The molecule has 100 valence electrons. The maximum absolute atomic E-state index is 5.80. The summed E-state index contributed by atoms with van der Waals surface area (Å²) >= 11 is 1.93. The Bertz CT molecular complexity index is 245. The minimum atomic E-state index is -0.145. The predicted molar refractivity (Wildman–Crippen MR) is 70.6 cm³/mol.